The molecule has 0 unspecified atom stereocenters. The Morgan fingerprint density at radius 1 is 0.893 bits per heavy atom. The molecule has 56 heavy (non-hydrogen) atoms. The lowest BCUT2D eigenvalue weighted by Gasteiger charge is -2.32. The third-order valence-corrected chi connectivity index (χ3v) is 11.3. The zero-order valence-electron chi connectivity index (χ0n) is 31.3. The number of fused-ring (bicyclic) bond motifs is 3. The number of likely N-dealkylation sites (N-methyl/N-ethyl adjacent to an activating group) is 1. The lowest BCUT2D eigenvalue weighted by Crippen LogP contribution is -2.57. The Bertz CT molecular complexity index is 2170. The van der Waals surface area contributed by atoms with Crippen LogP contribution in [-0.2, 0) is 33.9 Å². The number of carbonyl (C=O) groups is 4. The number of hydrogen-bond donors (Lipinski definition) is 7. The maximum Gasteiger partial charge on any atom is 0.335 e. The second-order valence-electron chi connectivity index (χ2n) is 13.8. The van der Waals surface area contributed by atoms with Gasteiger partial charge in [-0.3, -0.25) is 14.4 Å². The molecule has 0 radical (unpaired) electrons. The van der Waals surface area contributed by atoms with Gasteiger partial charge in [0.15, 0.2) is 0 Å². The van der Waals surface area contributed by atoms with Crippen LogP contribution in [0.3, 0.4) is 0 Å². The molecule has 5 aromatic rings. The Morgan fingerprint density at radius 3 is 2.39 bits per heavy atom. The van der Waals surface area contributed by atoms with Gasteiger partial charge < -0.3 is 42.4 Å². The Hall–Kier alpha value is -5.54. The van der Waals surface area contributed by atoms with Gasteiger partial charge in [0.25, 0.3) is 0 Å². The number of nitrogens with one attached hydrogen (secondary N) is 4. The molecule has 0 saturated heterocycles. The van der Waals surface area contributed by atoms with Crippen LogP contribution in [0.25, 0.3) is 22.0 Å². The van der Waals surface area contributed by atoms with Gasteiger partial charge in [0.2, 0.25) is 17.7 Å². The van der Waals surface area contributed by atoms with Crippen LogP contribution in [0.15, 0.2) is 101 Å². The highest BCUT2D eigenvalue weighted by Gasteiger charge is 2.34. The van der Waals surface area contributed by atoms with E-state index in [9.17, 15) is 24.3 Å². The van der Waals surface area contributed by atoms with Gasteiger partial charge in [-0.1, -0.05) is 60.3 Å². The number of hydrogen-bond acceptors (Lipinski definition) is 9. The lowest BCUT2D eigenvalue weighted by molar-refractivity contribution is -0.142. The van der Waals surface area contributed by atoms with E-state index in [0.717, 1.165) is 43.6 Å². The third kappa shape index (κ3) is 9.45. The van der Waals surface area contributed by atoms with Crippen LogP contribution in [0.4, 0.5) is 0 Å². The fraction of sp³-hybridized carbons (Fsp3) is 0.310. The highest BCUT2D eigenvalue weighted by atomic mass is 32.2. The molecule has 0 fully saturated rings. The molecule has 0 aliphatic carbocycles. The average molecular weight is 777 g/mol. The number of nitrogens with zero attached hydrogens (tertiary/aromatic N) is 2. The van der Waals surface area contributed by atoms with Gasteiger partial charge in [-0.05, 0) is 96.9 Å². The van der Waals surface area contributed by atoms with Crippen molar-refractivity contribution >= 4 is 46.4 Å². The summed E-state index contributed by atoms with van der Waals surface area (Å²) in [6, 6.07) is 21.4. The largest absolute Gasteiger partial charge is 0.478 e. The molecule has 6 rings (SSSR count). The number of amides is 3. The van der Waals surface area contributed by atoms with Crippen molar-refractivity contribution in [3.05, 3.63) is 114 Å². The molecule has 3 atom stereocenters. The van der Waals surface area contributed by atoms with E-state index in [1.54, 1.807) is 37.5 Å². The molecule has 14 heteroatoms. The van der Waals surface area contributed by atoms with Crippen molar-refractivity contribution in [2.24, 2.45) is 11.5 Å². The van der Waals surface area contributed by atoms with Crippen molar-refractivity contribution in [3.63, 3.8) is 0 Å². The average Bonchev–Trinajstić information content (AvgIpc) is 3.63. The van der Waals surface area contributed by atoms with E-state index in [1.807, 2.05) is 60.8 Å². The fourth-order valence-electron chi connectivity index (χ4n) is 7.00. The Kier molecular flexibility index (Phi) is 13.5. The van der Waals surface area contributed by atoms with Crippen LogP contribution >= 0.6 is 11.8 Å². The zero-order chi connectivity index (χ0) is 39.6. The number of nitrogens with two attached hydrogens (primary N) is 2. The molecule has 3 aromatic carbocycles. The summed E-state index contributed by atoms with van der Waals surface area (Å²) in [5.74, 6) is -2.15. The maximum absolute atomic E-state index is 14.6. The van der Waals surface area contributed by atoms with E-state index < -0.39 is 30.0 Å². The normalized spacial score (nSPS) is 18.4. The van der Waals surface area contributed by atoms with Crippen LogP contribution in [-0.4, -0.2) is 81.9 Å². The smallest absolute Gasteiger partial charge is 0.335 e. The number of aromatic amines is 1. The number of para-hydroxylation sites is 1. The van der Waals surface area contributed by atoms with E-state index in [-0.39, 0.29) is 36.8 Å². The highest BCUT2D eigenvalue weighted by Crippen LogP contribution is 2.37. The number of carbonyl (C=O) groups excluding carboxylic acids is 3. The molecular formula is C42H48N8O5S. The summed E-state index contributed by atoms with van der Waals surface area (Å²) in [6.45, 7) is 1.12. The first kappa shape index (κ1) is 40.1. The molecule has 3 amide bonds. The summed E-state index contributed by atoms with van der Waals surface area (Å²) in [5, 5.41) is 20.8. The summed E-state index contributed by atoms with van der Waals surface area (Å²) >= 11 is 1.44. The lowest BCUT2D eigenvalue weighted by atomic mass is 9.98. The highest BCUT2D eigenvalue weighted by molar-refractivity contribution is 7.99. The predicted octanol–water partition coefficient (Wildman–Crippen LogP) is 4.20. The fourth-order valence-corrected chi connectivity index (χ4v) is 8.05. The van der Waals surface area contributed by atoms with E-state index in [2.05, 4.69) is 20.9 Å². The summed E-state index contributed by atoms with van der Waals surface area (Å²) in [6.07, 6.45) is 5.56. The van der Waals surface area contributed by atoms with Gasteiger partial charge in [-0.15, -0.1) is 0 Å². The van der Waals surface area contributed by atoms with Crippen LogP contribution in [0.2, 0.25) is 0 Å². The van der Waals surface area contributed by atoms with Crippen LogP contribution in [0.5, 0.6) is 0 Å². The van der Waals surface area contributed by atoms with Crippen molar-refractivity contribution in [2.75, 3.05) is 20.1 Å². The molecule has 13 nitrogen and oxygen atoms in total. The van der Waals surface area contributed by atoms with E-state index in [4.69, 9.17) is 16.5 Å². The van der Waals surface area contributed by atoms with Crippen LogP contribution < -0.4 is 27.4 Å². The molecule has 0 bridgehead atoms. The minimum Gasteiger partial charge on any atom is -0.478 e. The summed E-state index contributed by atoms with van der Waals surface area (Å²) in [7, 11) is 1.60. The van der Waals surface area contributed by atoms with Gasteiger partial charge >= 0.3 is 5.97 Å². The second-order valence-corrected chi connectivity index (χ2v) is 14.9. The third-order valence-electron chi connectivity index (χ3n) is 10.1. The topological polar surface area (TPSA) is 209 Å². The molecule has 3 heterocycles. The Labute approximate surface area is 330 Å². The van der Waals surface area contributed by atoms with Gasteiger partial charge in [0.1, 0.15) is 17.1 Å². The van der Waals surface area contributed by atoms with Crippen LogP contribution in [0.1, 0.15) is 52.7 Å². The molecule has 1 aliphatic heterocycles. The van der Waals surface area contributed by atoms with Crippen molar-refractivity contribution in [3.8, 4) is 11.1 Å². The summed E-state index contributed by atoms with van der Waals surface area (Å²) in [5.41, 5.74) is 16.9. The van der Waals surface area contributed by atoms with Gasteiger partial charge in [0, 0.05) is 54.8 Å². The first-order valence-electron chi connectivity index (χ1n) is 18.8. The SMILES string of the molecule is CN1C(=O)[C@H](CCCN)NC(=O)[C@H](CCCN)NCc2cccnc2Sc2cccc(-c3ccc(C(=O)O)cc3)c2CNC(=O)[C@@H]1Cc1c[nH]c2ccccc12. The molecular weight excluding hydrogens is 729 g/mol. The van der Waals surface area contributed by atoms with Gasteiger partial charge in [0.05, 0.1) is 11.6 Å². The molecule has 292 valence electrons. The standard InChI is InChI=1S/C42H48N8O5S/c1-50-36(22-29-24-46-33-11-3-2-9-31(29)33)39(52)48-25-32-30(26-15-17-27(18-16-26)42(54)55)10-4-14-37(32)56-40-28(8-7-21-45-40)23-47-34(12-5-19-43)38(51)49-35(41(50)53)13-6-20-44/h2-4,7-11,14-18,21,24,34-36,46-47H,5-6,12-13,19-20,22-23,25,43-44H2,1H3,(H,48,52)(H,49,51)(H,54,55)/t34-,35-,36-/m0/s1. The van der Waals surface area contributed by atoms with Gasteiger partial charge in [-0.25, -0.2) is 9.78 Å². The number of benzene rings is 3. The number of carboxylic acids is 1. The number of aromatic nitrogens is 2. The minimum absolute atomic E-state index is 0.0966. The molecule has 0 saturated carbocycles. The Morgan fingerprint density at radius 2 is 1.64 bits per heavy atom. The number of pyridine rings is 1. The monoisotopic (exact) mass is 776 g/mol. The first-order chi connectivity index (χ1) is 27.2. The summed E-state index contributed by atoms with van der Waals surface area (Å²) in [4.78, 5) is 65.0. The first-order valence-corrected chi connectivity index (χ1v) is 19.6. The van der Waals surface area contributed by atoms with Crippen molar-refractivity contribution in [2.45, 2.75) is 73.2 Å². The van der Waals surface area contributed by atoms with E-state index >= 15 is 0 Å². The number of aromatic carboxylic acids is 1. The number of rotatable bonds is 10. The maximum atomic E-state index is 14.6. The second kappa shape index (κ2) is 18.9. The molecule has 0 spiro atoms. The quantitative estimate of drug-likeness (QED) is 0.108. The number of carboxylic acid groups (broad SMARTS) is 1. The predicted molar refractivity (Wildman–Crippen MR) is 217 cm³/mol. The summed E-state index contributed by atoms with van der Waals surface area (Å²) < 4.78 is 0. The Balaban J connectivity index is 1.46. The molecule has 2 aromatic heterocycles. The van der Waals surface area contributed by atoms with Crippen LogP contribution in [0, 0.1) is 0 Å². The van der Waals surface area contributed by atoms with Crippen molar-refractivity contribution in [1.29, 1.82) is 0 Å². The minimum atomic E-state index is -1.03. The van der Waals surface area contributed by atoms with Crippen molar-refractivity contribution < 1.29 is 24.3 Å². The molecule has 1 aliphatic rings. The van der Waals surface area contributed by atoms with Gasteiger partial charge in [-0.2, -0.15) is 0 Å². The zero-order valence-corrected chi connectivity index (χ0v) is 32.1. The number of H-pyrrole nitrogens is 1. The van der Waals surface area contributed by atoms with Crippen molar-refractivity contribution in [1.82, 2.24) is 30.8 Å². The van der Waals surface area contributed by atoms with E-state index in [1.165, 1.54) is 16.7 Å². The molecule has 9 N–H and O–H groups in total. The van der Waals surface area contributed by atoms with E-state index in [0.29, 0.717) is 43.9 Å².